The van der Waals surface area contributed by atoms with Crippen molar-refractivity contribution in [3.63, 3.8) is 0 Å². The molecule has 0 atom stereocenters. The summed E-state index contributed by atoms with van der Waals surface area (Å²) < 4.78 is 6.67. The van der Waals surface area contributed by atoms with Crippen LogP contribution in [0.3, 0.4) is 0 Å². The molecule has 3 heteroatoms. The molecule has 0 N–H and O–H groups in total. The number of pyridine rings is 1. The van der Waals surface area contributed by atoms with Crippen LogP contribution in [0.15, 0.2) is 18.3 Å². The lowest BCUT2D eigenvalue weighted by molar-refractivity contribution is 0.288. The minimum absolute atomic E-state index is 0.758. The summed E-state index contributed by atoms with van der Waals surface area (Å²) in [6.45, 7) is 0.840. The van der Waals surface area contributed by atoms with E-state index in [1.54, 1.807) is 6.20 Å². The summed E-state index contributed by atoms with van der Waals surface area (Å²) in [6.07, 6.45) is 4.43. The van der Waals surface area contributed by atoms with Crippen molar-refractivity contribution in [1.82, 2.24) is 4.98 Å². The number of nitrogens with zero attached hydrogens (tertiary/aromatic N) is 1. The van der Waals surface area contributed by atoms with Gasteiger partial charge < -0.3 is 4.74 Å². The maximum atomic E-state index is 5.49. The Bertz CT molecular complexity index is 273. The summed E-state index contributed by atoms with van der Waals surface area (Å²) in [5, 5.41) is 0. The van der Waals surface area contributed by atoms with Crippen LogP contribution in [0, 0.1) is 9.49 Å². The predicted octanol–water partition coefficient (Wildman–Crippen LogP) is 2.48. The highest BCUT2D eigenvalue weighted by Crippen LogP contribution is 2.29. The standard InChI is InChI=1S/C9H10INO/c10-8-3-4-11-9(5-8)12-6-7-1-2-7/h3-5,7H,1-2,6H2. The Kier molecular flexibility index (Phi) is 2.48. The van der Waals surface area contributed by atoms with E-state index < -0.39 is 0 Å². The molecule has 0 bridgehead atoms. The van der Waals surface area contributed by atoms with Crippen molar-refractivity contribution in [2.24, 2.45) is 5.92 Å². The molecule has 0 unspecified atom stereocenters. The van der Waals surface area contributed by atoms with E-state index in [2.05, 4.69) is 27.6 Å². The zero-order chi connectivity index (χ0) is 8.39. The van der Waals surface area contributed by atoms with Crippen molar-refractivity contribution in [1.29, 1.82) is 0 Å². The molecule has 0 aliphatic heterocycles. The lowest BCUT2D eigenvalue weighted by Crippen LogP contribution is -2.00. The Morgan fingerprint density at radius 2 is 2.42 bits per heavy atom. The molecule has 2 rings (SSSR count). The predicted molar refractivity (Wildman–Crippen MR) is 55.2 cm³/mol. The van der Waals surface area contributed by atoms with Gasteiger partial charge in [-0.2, -0.15) is 0 Å². The van der Waals surface area contributed by atoms with Crippen LogP contribution in [0.5, 0.6) is 5.88 Å². The number of hydrogen-bond acceptors (Lipinski definition) is 2. The fraction of sp³-hybridized carbons (Fsp3) is 0.444. The molecule has 64 valence electrons. The van der Waals surface area contributed by atoms with E-state index in [1.807, 2.05) is 12.1 Å². The molecule has 1 aliphatic carbocycles. The van der Waals surface area contributed by atoms with E-state index in [9.17, 15) is 0 Å². The van der Waals surface area contributed by atoms with E-state index in [0.29, 0.717) is 0 Å². The minimum atomic E-state index is 0.758. The first-order valence-electron chi connectivity index (χ1n) is 4.09. The third-order valence-corrected chi connectivity index (χ3v) is 2.53. The second kappa shape index (κ2) is 3.60. The first kappa shape index (κ1) is 8.29. The quantitative estimate of drug-likeness (QED) is 0.791. The molecule has 1 aromatic rings. The molecule has 1 aromatic heterocycles. The van der Waals surface area contributed by atoms with Crippen LogP contribution < -0.4 is 4.74 Å². The molecule has 0 aromatic carbocycles. The van der Waals surface area contributed by atoms with Crippen LogP contribution >= 0.6 is 22.6 Å². The number of rotatable bonds is 3. The number of halogens is 1. The molecule has 1 heterocycles. The van der Waals surface area contributed by atoms with Crippen LogP contribution in [-0.2, 0) is 0 Å². The summed E-state index contributed by atoms with van der Waals surface area (Å²) in [6, 6.07) is 3.92. The molecule has 0 amide bonds. The largest absolute Gasteiger partial charge is 0.477 e. The number of ether oxygens (including phenoxy) is 1. The summed E-state index contributed by atoms with van der Waals surface area (Å²) in [5.74, 6) is 1.55. The van der Waals surface area contributed by atoms with Crippen LogP contribution in [0.2, 0.25) is 0 Å². The summed E-state index contributed by atoms with van der Waals surface area (Å²) >= 11 is 2.26. The SMILES string of the molecule is Ic1ccnc(OCC2CC2)c1. The minimum Gasteiger partial charge on any atom is -0.477 e. The fourth-order valence-electron chi connectivity index (χ4n) is 0.952. The third-order valence-electron chi connectivity index (χ3n) is 1.86. The van der Waals surface area contributed by atoms with Crippen molar-refractivity contribution in [2.45, 2.75) is 12.8 Å². The Balaban J connectivity index is 1.92. The highest BCUT2D eigenvalue weighted by Gasteiger charge is 2.21. The maximum absolute atomic E-state index is 5.49. The van der Waals surface area contributed by atoms with Crippen LogP contribution in [0.4, 0.5) is 0 Å². The summed E-state index contributed by atoms with van der Waals surface area (Å²) in [4.78, 5) is 4.11. The van der Waals surface area contributed by atoms with Crippen LogP contribution in [0.1, 0.15) is 12.8 Å². The fourth-order valence-corrected chi connectivity index (χ4v) is 1.38. The monoisotopic (exact) mass is 275 g/mol. The molecule has 1 saturated carbocycles. The molecule has 0 radical (unpaired) electrons. The molecule has 1 aliphatic rings. The lowest BCUT2D eigenvalue weighted by atomic mass is 10.4. The van der Waals surface area contributed by atoms with Gasteiger partial charge in [-0.3, -0.25) is 0 Å². The van der Waals surface area contributed by atoms with E-state index in [1.165, 1.54) is 16.4 Å². The van der Waals surface area contributed by atoms with Gasteiger partial charge in [-0.25, -0.2) is 4.98 Å². The van der Waals surface area contributed by atoms with Crippen molar-refractivity contribution in [3.8, 4) is 5.88 Å². The molecule has 2 nitrogen and oxygen atoms in total. The van der Waals surface area contributed by atoms with Gasteiger partial charge in [0.25, 0.3) is 0 Å². The Morgan fingerprint density at radius 1 is 1.58 bits per heavy atom. The van der Waals surface area contributed by atoms with Gasteiger partial charge in [-0.15, -0.1) is 0 Å². The van der Waals surface area contributed by atoms with Crippen molar-refractivity contribution in [3.05, 3.63) is 21.9 Å². The van der Waals surface area contributed by atoms with Gasteiger partial charge in [-0.05, 0) is 47.4 Å². The highest BCUT2D eigenvalue weighted by molar-refractivity contribution is 14.1. The average molecular weight is 275 g/mol. The van der Waals surface area contributed by atoms with Gasteiger partial charge in [0.2, 0.25) is 5.88 Å². The first-order valence-corrected chi connectivity index (χ1v) is 5.17. The summed E-state index contributed by atoms with van der Waals surface area (Å²) in [5.41, 5.74) is 0. The van der Waals surface area contributed by atoms with Gasteiger partial charge in [0.1, 0.15) is 0 Å². The Labute approximate surface area is 85.5 Å². The van der Waals surface area contributed by atoms with Crippen molar-refractivity contribution < 1.29 is 4.74 Å². The first-order chi connectivity index (χ1) is 5.84. The Morgan fingerprint density at radius 3 is 3.08 bits per heavy atom. The second-order valence-electron chi connectivity index (χ2n) is 3.07. The molecule has 0 spiro atoms. The second-order valence-corrected chi connectivity index (χ2v) is 4.31. The number of aromatic nitrogens is 1. The Hall–Kier alpha value is -0.320. The van der Waals surface area contributed by atoms with E-state index >= 15 is 0 Å². The van der Waals surface area contributed by atoms with Gasteiger partial charge in [0, 0.05) is 15.8 Å². The average Bonchev–Trinajstić information content (AvgIpc) is 2.84. The van der Waals surface area contributed by atoms with Crippen LogP contribution in [0.25, 0.3) is 0 Å². The van der Waals surface area contributed by atoms with Crippen molar-refractivity contribution >= 4 is 22.6 Å². The van der Waals surface area contributed by atoms with Gasteiger partial charge in [0.05, 0.1) is 6.61 Å². The van der Waals surface area contributed by atoms with E-state index in [0.717, 1.165) is 18.4 Å². The van der Waals surface area contributed by atoms with Crippen LogP contribution in [-0.4, -0.2) is 11.6 Å². The molecular formula is C9H10INO. The highest BCUT2D eigenvalue weighted by atomic mass is 127. The zero-order valence-electron chi connectivity index (χ0n) is 6.66. The van der Waals surface area contributed by atoms with Gasteiger partial charge in [0.15, 0.2) is 0 Å². The third kappa shape index (κ3) is 2.33. The van der Waals surface area contributed by atoms with Crippen molar-refractivity contribution in [2.75, 3.05) is 6.61 Å². The summed E-state index contributed by atoms with van der Waals surface area (Å²) in [7, 11) is 0. The number of hydrogen-bond donors (Lipinski definition) is 0. The van der Waals surface area contributed by atoms with E-state index in [-0.39, 0.29) is 0 Å². The molecule has 12 heavy (non-hydrogen) atoms. The van der Waals surface area contributed by atoms with Gasteiger partial charge >= 0.3 is 0 Å². The molecule has 0 saturated heterocycles. The van der Waals surface area contributed by atoms with Gasteiger partial charge in [-0.1, -0.05) is 0 Å². The lowest BCUT2D eigenvalue weighted by Gasteiger charge is -2.02. The topological polar surface area (TPSA) is 22.1 Å². The molecular weight excluding hydrogens is 265 g/mol. The molecule has 1 fully saturated rings. The normalized spacial score (nSPS) is 16.1. The maximum Gasteiger partial charge on any atom is 0.214 e. The van der Waals surface area contributed by atoms with E-state index in [4.69, 9.17) is 4.74 Å². The smallest absolute Gasteiger partial charge is 0.214 e. The zero-order valence-corrected chi connectivity index (χ0v) is 8.82.